The molecule has 25 heavy (non-hydrogen) atoms. The van der Waals surface area contributed by atoms with Crippen LogP contribution in [0.25, 0.3) is 11.3 Å². The van der Waals surface area contributed by atoms with Gasteiger partial charge in [0.2, 0.25) is 0 Å². The minimum Gasteiger partial charge on any atom is -0.356 e. The number of halogens is 1. The van der Waals surface area contributed by atoms with Crippen molar-refractivity contribution in [1.82, 2.24) is 5.16 Å². The molecule has 0 radical (unpaired) electrons. The van der Waals surface area contributed by atoms with Crippen molar-refractivity contribution < 1.29 is 12.9 Å². The number of hydrogen-bond acceptors (Lipinski definition) is 5. The van der Waals surface area contributed by atoms with Gasteiger partial charge in [0, 0.05) is 26.0 Å². The fourth-order valence-corrected chi connectivity index (χ4v) is 5.83. The molecule has 0 spiro atoms. The maximum absolute atomic E-state index is 13.1. The fourth-order valence-electron chi connectivity index (χ4n) is 2.67. The number of aryl methyl sites for hydroxylation is 4. The van der Waals surface area contributed by atoms with E-state index in [1.54, 1.807) is 32.0 Å². The number of hydrogen-bond donors (Lipinski definition) is 1. The van der Waals surface area contributed by atoms with E-state index in [1.807, 2.05) is 19.9 Å². The number of benzene rings is 1. The number of rotatable bonds is 4. The smallest absolute Gasteiger partial charge is 0.263 e. The zero-order chi connectivity index (χ0) is 18.4. The highest BCUT2D eigenvalue weighted by Crippen LogP contribution is 2.40. The molecule has 1 N–H and O–H groups in total. The van der Waals surface area contributed by atoms with Crippen LogP contribution in [-0.4, -0.2) is 13.6 Å². The van der Waals surface area contributed by atoms with Crippen LogP contribution in [0.2, 0.25) is 0 Å². The van der Waals surface area contributed by atoms with Crippen LogP contribution in [0.15, 0.2) is 38.2 Å². The number of sulfonamides is 1. The summed E-state index contributed by atoms with van der Waals surface area (Å²) < 4.78 is 35.0. The summed E-state index contributed by atoms with van der Waals surface area (Å²) in [5.41, 5.74) is 2.75. The van der Waals surface area contributed by atoms with Crippen molar-refractivity contribution in [3.05, 3.63) is 49.7 Å². The summed E-state index contributed by atoms with van der Waals surface area (Å²) in [6.45, 7) is 7.39. The van der Waals surface area contributed by atoms with Crippen molar-refractivity contribution in [3.63, 3.8) is 0 Å². The van der Waals surface area contributed by atoms with E-state index < -0.39 is 10.0 Å². The molecule has 3 rings (SSSR count). The van der Waals surface area contributed by atoms with Crippen molar-refractivity contribution in [1.29, 1.82) is 0 Å². The largest absolute Gasteiger partial charge is 0.356 e. The molecule has 3 aromatic rings. The van der Waals surface area contributed by atoms with Gasteiger partial charge in [-0.05, 0) is 51.5 Å². The molecule has 0 saturated heterocycles. The van der Waals surface area contributed by atoms with Crippen LogP contribution in [0.4, 0.5) is 5.69 Å². The van der Waals surface area contributed by atoms with Gasteiger partial charge >= 0.3 is 0 Å². The zero-order valence-electron chi connectivity index (χ0n) is 14.2. The third-order valence-corrected chi connectivity index (χ3v) is 7.35. The van der Waals surface area contributed by atoms with Gasteiger partial charge in [0.15, 0.2) is 5.76 Å². The standard InChI is InChI=1S/C17H17BrN2O3S2/c1-9-7-13(5-6-14(9)18)20-25(21,22)17-12(4)24-11(3)16(17)15-8-10(2)19-23-15/h5-8,20H,1-4H3. The normalized spacial score (nSPS) is 11.7. The van der Waals surface area contributed by atoms with E-state index in [1.165, 1.54) is 11.3 Å². The molecular weight excluding hydrogens is 424 g/mol. The van der Waals surface area contributed by atoms with Crippen molar-refractivity contribution in [2.75, 3.05) is 4.72 Å². The molecule has 8 heteroatoms. The molecule has 0 aliphatic carbocycles. The Labute approximate surface area is 159 Å². The van der Waals surface area contributed by atoms with Gasteiger partial charge < -0.3 is 4.52 Å². The predicted octanol–water partition coefficient (Wildman–Crippen LogP) is 5.20. The van der Waals surface area contributed by atoms with E-state index in [2.05, 4.69) is 25.8 Å². The lowest BCUT2D eigenvalue weighted by Crippen LogP contribution is -2.14. The second-order valence-electron chi connectivity index (χ2n) is 5.82. The summed E-state index contributed by atoms with van der Waals surface area (Å²) in [4.78, 5) is 1.83. The first-order valence-corrected chi connectivity index (χ1v) is 10.6. The van der Waals surface area contributed by atoms with Gasteiger partial charge in [-0.1, -0.05) is 21.1 Å². The molecule has 0 bridgehead atoms. The van der Waals surface area contributed by atoms with Crippen LogP contribution in [0.3, 0.4) is 0 Å². The summed E-state index contributed by atoms with van der Waals surface area (Å²) >= 11 is 4.85. The molecule has 0 unspecified atom stereocenters. The average molecular weight is 441 g/mol. The van der Waals surface area contributed by atoms with Crippen LogP contribution in [-0.2, 0) is 10.0 Å². The lowest BCUT2D eigenvalue weighted by Gasteiger charge is -2.11. The van der Waals surface area contributed by atoms with Gasteiger partial charge in [-0.15, -0.1) is 11.3 Å². The van der Waals surface area contributed by atoms with Gasteiger partial charge in [-0.25, -0.2) is 8.42 Å². The van der Waals surface area contributed by atoms with Crippen LogP contribution < -0.4 is 4.72 Å². The van der Waals surface area contributed by atoms with Crippen molar-refractivity contribution in [3.8, 4) is 11.3 Å². The van der Waals surface area contributed by atoms with E-state index in [0.29, 0.717) is 27.6 Å². The maximum Gasteiger partial charge on any atom is 0.263 e. The quantitative estimate of drug-likeness (QED) is 0.604. The van der Waals surface area contributed by atoms with Crippen LogP contribution in [0, 0.1) is 27.7 Å². The number of aromatic nitrogens is 1. The lowest BCUT2D eigenvalue weighted by atomic mass is 10.2. The first-order chi connectivity index (χ1) is 11.7. The second kappa shape index (κ2) is 6.59. The molecule has 0 saturated carbocycles. The monoisotopic (exact) mass is 440 g/mol. The van der Waals surface area contributed by atoms with Gasteiger partial charge in [-0.3, -0.25) is 4.72 Å². The highest BCUT2D eigenvalue weighted by Gasteiger charge is 2.28. The summed E-state index contributed by atoms with van der Waals surface area (Å²) in [6, 6.07) is 7.08. The first-order valence-electron chi connectivity index (χ1n) is 7.51. The van der Waals surface area contributed by atoms with Gasteiger partial charge in [0.25, 0.3) is 10.0 Å². The summed E-state index contributed by atoms with van der Waals surface area (Å²) in [5.74, 6) is 0.465. The van der Waals surface area contributed by atoms with Gasteiger partial charge in [0.05, 0.1) is 11.3 Å². The van der Waals surface area contributed by atoms with Crippen LogP contribution >= 0.6 is 27.3 Å². The van der Waals surface area contributed by atoms with Crippen LogP contribution in [0.1, 0.15) is 21.0 Å². The van der Waals surface area contributed by atoms with Crippen LogP contribution in [0.5, 0.6) is 0 Å². The zero-order valence-corrected chi connectivity index (χ0v) is 17.4. The minimum atomic E-state index is -3.76. The third-order valence-electron chi connectivity index (χ3n) is 3.76. The topological polar surface area (TPSA) is 72.2 Å². The number of nitrogens with zero attached hydrogens (tertiary/aromatic N) is 1. The Morgan fingerprint density at radius 3 is 2.44 bits per heavy atom. The third kappa shape index (κ3) is 3.51. The molecule has 0 atom stereocenters. The minimum absolute atomic E-state index is 0.242. The van der Waals surface area contributed by atoms with E-state index in [4.69, 9.17) is 4.52 Å². The van der Waals surface area contributed by atoms with Crippen molar-refractivity contribution in [2.45, 2.75) is 32.6 Å². The molecule has 132 valence electrons. The maximum atomic E-state index is 13.1. The molecule has 5 nitrogen and oxygen atoms in total. The summed E-state index contributed by atoms with van der Waals surface area (Å²) in [7, 11) is -3.76. The van der Waals surface area contributed by atoms with Gasteiger partial charge in [-0.2, -0.15) is 0 Å². The van der Waals surface area contributed by atoms with E-state index in [0.717, 1.165) is 14.9 Å². The fraction of sp³-hybridized carbons (Fsp3) is 0.235. The Bertz CT molecular complexity index is 1050. The summed E-state index contributed by atoms with van der Waals surface area (Å²) in [6.07, 6.45) is 0. The Balaban J connectivity index is 2.10. The summed E-state index contributed by atoms with van der Waals surface area (Å²) in [5, 5.41) is 3.88. The Morgan fingerprint density at radius 2 is 1.84 bits per heavy atom. The number of nitrogens with one attached hydrogen (secondary N) is 1. The second-order valence-corrected chi connectivity index (χ2v) is 9.72. The molecular formula is C17H17BrN2O3S2. The number of anilines is 1. The molecule has 0 amide bonds. The average Bonchev–Trinajstić information content (AvgIpc) is 3.05. The van der Waals surface area contributed by atoms with Crippen molar-refractivity contribution >= 4 is 43.0 Å². The Morgan fingerprint density at radius 1 is 1.12 bits per heavy atom. The van der Waals surface area contributed by atoms with E-state index >= 15 is 0 Å². The Hall–Kier alpha value is -1.64. The van der Waals surface area contributed by atoms with E-state index in [-0.39, 0.29) is 4.90 Å². The predicted molar refractivity (Wildman–Crippen MR) is 104 cm³/mol. The molecule has 0 fully saturated rings. The highest BCUT2D eigenvalue weighted by atomic mass is 79.9. The number of thiophene rings is 1. The Kier molecular flexibility index (Phi) is 4.78. The molecule has 2 heterocycles. The van der Waals surface area contributed by atoms with Gasteiger partial charge in [0.1, 0.15) is 4.90 Å². The molecule has 0 aliphatic rings. The lowest BCUT2D eigenvalue weighted by molar-refractivity contribution is 0.426. The highest BCUT2D eigenvalue weighted by molar-refractivity contribution is 9.10. The van der Waals surface area contributed by atoms with Crippen molar-refractivity contribution in [2.24, 2.45) is 0 Å². The molecule has 0 aliphatic heterocycles. The molecule has 2 aromatic heterocycles. The molecule has 1 aromatic carbocycles. The van der Waals surface area contributed by atoms with E-state index in [9.17, 15) is 8.42 Å². The first kappa shape index (κ1) is 18.2. The SMILES string of the molecule is Cc1cc(-c2c(C)sc(C)c2S(=O)(=O)Nc2ccc(Br)c(C)c2)on1.